The highest BCUT2D eigenvalue weighted by Gasteiger charge is 2.34. The first-order chi connectivity index (χ1) is 14.8. The van der Waals surface area contributed by atoms with Crippen LogP contribution in [0.4, 0.5) is 17.6 Å². The molecule has 0 unspecified atom stereocenters. The van der Waals surface area contributed by atoms with E-state index in [4.69, 9.17) is 0 Å². The number of benzene rings is 1. The predicted molar refractivity (Wildman–Crippen MR) is 128 cm³/mol. The van der Waals surface area contributed by atoms with Gasteiger partial charge in [0, 0.05) is 22.6 Å². The highest BCUT2D eigenvalue weighted by atomic mass is 127. The Morgan fingerprint density at radius 1 is 0.806 bits per heavy atom. The molecule has 0 radical (unpaired) electrons. The standard InChI is InChI=1S/C26H37F4I/c1-2-5-18-8-12-21(13-9-18)22-14-10-19(11-15-22)6-3-4-7-20-16-23(27)25(24(28)17-20)26(29,30)31/h16-19,21-22H,2-15H2,1H3. The molecule has 0 amide bonds. The van der Waals surface area contributed by atoms with E-state index in [2.05, 4.69) is 6.92 Å². The van der Waals surface area contributed by atoms with Crippen LogP contribution in [-0.4, -0.2) is 0 Å². The monoisotopic (exact) mass is 552 g/mol. The van der Waals surface area contributed by atoms with Crippen molar-refractivity contribution in [2.45, 2.75) is 101 Å². The van der Waals surface area contributed by atoms with Crippen molar-refractivity contribution in [3.63, 3.8) is 0 Å². The van der Waals surface area contributed by atoms with Crippen molar-refractivity contribution in [1.82, 2.24) is 0 Å². The first-order valence-electron chi connectivity index (χ1n) is 12.3. The van der Waals surface area contributed by atoms with E-state index in [0.717, 1.165) is 71.2 Å². The van der Waals surface area contributed by atoms with Crippen LogP contribution in [0.3, 0.4) is 0 Å². The molecular weight excluding hydrogens is 515 g/mol. The summed E-state index contributed by atoms with van der Waals surface area (Å²) in [6, 6.07) is 2.15. The summed E-state index contributed by atoms with van der Waals surface area (Å²) in [5, 5.41) is 0. The molecular formula is C26H37F4I. The quantitative estimate of drug-likeness (QED) is 0.124. The second-order valence-corrected chi connectivity index (χ2v) is 11.4. The molecule has 176 valence electrons. The van der Waals surface area contributed by atoms with Gasteiger partial charge in [0.05, 0.1) is 0 Å². The van der Waals surface area contributed by atoms with Crippen LogP contribution in [0.2, 0.25) is 0 Å². The third-order valence-corrected chi connectivity index (χ3v) is 8.40. The van der Waals surface area contributed by atoms with E-state index in [1.54, 1.807) is 0 Å². The highest BCUT2D eigenvalue weighted by molar-refractivity contribution is 14.1. The van der Waals surface area contributed by atoms with Crippen molar-refractivity contribution in [3.8, 4) is 0 Å². The molecule has 0 aliphatic heterocycles. The number of rotatable bonds is 9. The molecule has 0 N–H and O–H groups in total. The number of unbranched alkanes of at least 4 members (excludes halogenated alkanes) is 1. The average Bonchev–Trinajstić information content (AvgIpc) is 2.71. The Kier molecular flexibility index (Phi) is 9.54. The molecule has 2 saturated carbocycles. The van der Waals surface area contributed by atoms with E-state index in [1.165, 1.54) is 70.6 Å². The summed E-state index contributed by atoms with van der Waals surface area (Å²) in [5.41, 5.74) is -0.658. The fraction of sp³-hybridized carbons (Fsp3) is 0.769. The summed E-state index contributed by atoms with van der Waals surface area (Å²) in [7, 11) is 0. The highest BCUT2D eigenvalue weighted by Crippen LogP contribution is 2.43. The molecule has 2 aliphatic rings. The maximum Gasteiger partial charge on any atom is 0.327 e. The van der Waals surface area contributed by atoms with Gasteiger partial charge in [-0.1, -0.05) is 58.3 Å². The van der Waals surface area contributed by atoms with Crippen LogP contribution < -0.4 is 0 Å². The molecule has 1 aromatic carbocycles. The van der Waals surface area contributed by atoms with Gasteiger partial charge in [0.1, 0.15) is 17.2 Å². The van der Waals surface area contributed by atoms with E-state index in [1.807, 2.05) is 0 Å². The van der Waals surface area contributed by atoms with Crippen LogP contribution in [0.1, 0.15) is 102 Å². The van der Waals surface area contributed by atoms with Crippen molar-refractivity contribution in [3.05, 3.63) is 34.9 Å². The van der Waals surface area contributed by atoms with Gasteiger partial charge >= 0.3 is 3.93 Å². The minimum atomic E-state index is -3.53. The zero-order valence-corrected chi connectivity index (χ0v) is 20.9. The van der Waals surface area contributed by atoms with Crippen LogP contribution in [0.15, 0.2) is 12.1 Å². The largest absolute Gasteiger partial charge is 0.327 e. The van der Waals surface area contributed by atoms with Gasteiger partial charge in [0.15, 0.2) is 0 Å². The lowest BCUT2D eigenvalue weighted by atomic mass is 9.68. The van der Waals surface area contributed by atoms with Gasteiger partial charge < -0.3 is 0 Å². The summed E-state index contributed by atoms with van der Waals surface area (Å²) in [4.78, 5) is 0. The zero-order chi connectivity index (χ0) is 22.4. The Morgan fingerprint density at radius 3 is 1.74 bits per heavy atom. The third-order valence-electron chi connectivity index (χ3n) is 7.86. The smallest absolute Gasteiger partial charge is 0.206 e. The Balaban J connectivity index is 1.35. The molecule has 0 spiro atoms. The third kappa shape index (κ3) is 7.33. The molecule has 0 bridgehead atoms. The van der Waals surface area contributed by atoms with Crippen molar-refractivity contribution < 1.29 is 17.6 Å². The molecule has 0 saturated heterocycles. The molecule has 0 aromatic heterocycles. The van der Waals surface area contributed by atoms with E-state index in [0.29, 0.717) is 12.0 Å². The van der Waals surface area contributed by atoms with E-state index >= 15 is 0 Å². The van der Waals surface area contributed by atoms with Gasteiger partial charge in [0.2, 0.25) is 0 Å². The van der Waals surface area contributed by atoms with E-state index in [9.17, 15) is 17.6 Å². The van der Waals surface area contributed by atoms with Crippen LogP contribution in [0.5, 0.6) is 0 Å². The molecule has 3 rings (SSSR count). The lowest BCUT2D eigenvalue weighted by molar-refractivity contribution is 0.117. The fourth-order valence-corrected chi connectivity index (χ4v) is 6.62. The van der Waals surface area contributed by atoms with Crippen LogP contribution in [0, 0.1) is 35.3 Å². The maximum absolute atomic E-state index is 13.9. The van der Waals surface area contributed by atoms with E-state index in [-0.39, 0.29) is 0 Å². The minimum absolute atomic E-state index is 0.474. The van der Waals surface area contributed by atoms with Crippen LogP contribution in [-0.2, 0) is 10.4 Å². The summed E-state index contributed by atoms with van der Waals surface area (Å²) in [6.07, 6.45) is 17.5. The summed E-state index contributed by atoms with van der Waals surface area (Å²) < 4.78 is 51.0. The van der Waals surface area contributed by atoms with Gasteiger partial charge in [-0.25, -0.2) is 8.78 Å². The van der Waals surface area contributed by atoms with Crippen molar-refractivity contribution in [2.75, 3.05) is 0 Å². The lowest BCUT2D eigenvalue weighted by Crippen LogP contribution is -2.25. The molecule has 5 heteroatoms. The number of hydrogen-bond acceptors (Lipinski definition) is 0. The average molecular weight is 552 g/mol. The Hall–Kier alpha value is -0.330. The number of halogens is 5. The minimum Gasteiger partial charge on any atom is -0.206 e. The van der Waals surface area contributed by atoms with Crippen molar-refractivity contribution in [1.29, 1.82) is 0 Å². The van der Waals surface area contributed by atoms with E-state index < -0.39 is 21.1 Å². The zero-order valence-electron chi connectivity index (χ0n) is 18.8. The summed E-state index contributed by atoms with van der Waals surface area (Å²) in [6.45, 7) is 2.30. The molecule has 2 aliphatic carbocycles. The van der Waals surface area contributed by atoms with Crippen molar-refractivity contribution in [2.24, 2.45) is 23.7 Å². The second-order valence-electron chi connectivity index (χ2n) is 10.0. The second kappa shape index (κ2) is 11.7. The van der Waals surface area contributed by atoms with Gasteiger partial charge in [-0.3, -0.25) is 0 Å². The SMILES string of the molecule is CCCC1CCC(C2CCC(CCCCc3cc(F)c(C(F)(F)I)c(F)c3)CC2)CC1. The molecule has 0 heterocycles. The molecule has 1 aromatic rings. The summed E-state index contributed by atoms with van der Waals surface area (Å²) in [5.74, 6) is 1.36. The number of hydrogen-bond donors (Lipinski definition) is 0. The van der Waals surface area contributed by atoms with Crippen LogP contribution >= 0.6 is 22.6 Å². The van der Waals surface area contributed by atoms with Gasteiger partial charge in [-0.2, -0.15) is 8.78 Å². The Labute approximate surface area is 199 Å². The van der Waals surface area contributed by atoms with Crippen molar-refractivity contribution >= 4 is 22.6 Å². The van der Waals surface area contributed by atoms with Gasteiger partial charge in [-0.05, 0) is 79.9 Å². The maximum atomic E-state index is 13.9. The number of alkyl halides is 3. The van der Waals surface area contributed by atoms with Crippen LogP contribution in [0.25, 0.3) is 0 Å². The van der Waals surface area contributed by atoms with Gasteiger partial charge in [0.25, 0.3) is 0 Å². The Morgan fingerprint density at radius 2 is 1.29 bits per heavy atom. The molecule has 0 nitrogen and oxygen atoms in total. The first-order valence-corrected chi connectivity index (χ1v) is 13.4. The lowest BCUT2D eigenvalue weighted by Gasteiger charge is -2.38. The predicted octanol–water partition coefficient (Wildman–Crippen LogP) is 9.57. The summed E-state index contributed by atoms with van der Waals surface area (Å²) >= 11 is 0.771. The Bertz CT molecular complexity index is 660. The topological polar surface area (TPSA) is 0 Å². The fourth-order valence-electron chi connectivity index (χ4n) is 6.11. The molecule has 2 fully saturated rings. The number of aryl methyl sites for hydroxylation is 1. The van der Waals surface area contributed by atoms with Gasteiger partial charge in [-0.15, -0.1) is 0 Å². The normalized spacial score (nSPS) is 27.4. The molecule has 31 heavy (non-hydrogen) atoms. The molecule has 0 atom stereocenters. The first kappa shape index (κ1) is 25.3.